The Bertz CT molecular complexity index is 1310. The van der Waals surface area contributed by atoms with Crippen LogP contribution in [0.2, 0.25) is 0 Å². The summed E-state index contributed by atoms with van der Waals surface area (Å²) in [4.78, 5) is 25.0. The first-order chi connectivity index (χ1) is 20.0. The lowest BCUT2D eigenvalue weighted by molar-refractivity contribution is -0.301. The second-order valence-corrected chi connectivity index (χ2v) is 10.5. The van der Waals surface area contributed by atoms with Crippen molar-refractivity contribution in [3.05, 3.63) is 36.0 Å². The summed E-state index contributed by atoms with van der Waals surface area (Å²) in [6.07, 6.45) is -5.64. The van der Waals surface area contributed by atoms with Crippen molar-refractivity contribution >= 4 is 22.2 Å². The monoisotopic (exact) mass is 616 g/mol. The van der Waals surface area contributed by atoms with Crippen molar-refractivity contribution in [2.45, 2.75) is 43.7 Å². The Morgan fingerprint density at radius 3 is 2.33 bits per heavy atom. The van der Waals surface area contributed by atoms with Gasteiger partial charge in [0.1, 0.15) is 30.1 Å². The van der Waals surface area contributed by atoms with Gasteiger partial charge in [-0.15, -0.1) is 5.10 Å². The summed E-state index contributed by atoms with van der Waals surface area (Å²) in [5.74, 6) is -0.485. The Labute approximate surface area is 240 Å². The molecule has 2 aliphatic heterocycles. The highest BCUT2D eigenvalue weighted by Gasteiger charge is 2.44. The molecule has 2 saturated heterocycles. The van der Waals surface area contributed by atoms with Gasteiger partial charge in [0.05, 0.1) is 52.4 Å². The van der Waals surface area contributed by atoms with Gasteiger partial charge in [-0.2, -0.15) is 8.42 Å². The molecule has 2 fully saturated rings. The molecule has 5 unspecified atom stereocenters. The number of carbonyl (C=O) groups excluding carboxylic acids is 2. The van der Waals surface area contributed by atoms with E-state index >= 15 is 0 Å². The van der Waals surface area contributed by atoms with Crippen LogP contribution in [0.15, 0.2) is 30.5 Å². The third-order valence-corrected chi connectivity index (χ3v) is 6.89. The number of nitrogens with zero attached hydrogens (tertiary/aromatic N) is 4. The van der Waals surface area contributed by atoms with E-state index in [4.69, 9.17) is 23.5 Å². The van der Waals surface area contributed by atoms with Gasteiger partial charge in [-0.1, -0.05) is 17.3 Å². The molecular formula is C24H32N4O13S. The van der Waals surface area contributed by atoms with E-state index in [2.05, 4.69) is 14.5 Å². The van der Waals surface area contributed by atoms with Gasteiger partial charge in [-0.25, -0.2) is 8.86 Å². The first-order valence-corrected chi connectivity index (χ1v) is 14.3. The molecule has 0 radical (unpaired) electrons. The fourth-order valence-corrected chi connectivity index (χ4v) is 4.36. The molecule has 0 saturated carbocycles. The molecule has 4 rings (SSSR count). The Hall–Kier alpha value is -2.91. The molecule has 3 heterocycles. The van der Waals surface area contributed by atoms with Crippen LogP contribution in [0.5, 0.6) is 0 Å². The molecule has 42 heavy (non-hydrogen) atoms. The van der Waals surface area contributed by atoms with Crippen LogP contribution < -0.4 is 0 Å². The van der Waals surface area contributed by atoms with E-state index in [9.17, 15) is 33.3 Å². The minimum absolute atomic E-state index is 0.0658. The molecule has 1 aromatic heterocycles. The average Bonchev–Trinajstić information content (AvgIpc) is 3.43. The fraction of sp³-hybridized carbons (Fsp3) is 0.583. The van der Waals surface area contributed by atoms with Crippen LogP contribution >= 0.6 is 0 Å². The van der Waals surface area contributed by atoms with Crippen LogP contribution in [0, 0.1) is 0 Å². The normalized spacial score (nSPS) is 24.5. The summed E-state index contributed by atoms with van der Waals surface area (Å²) in [6.45, 7) is 0.894. The molecule has 2 aromatic rings. The maximum absolute atomic E-state index is 12.3. The van der Waals surface area contributed by atoms with Crippen molar-refractivity contribution in [2.24, 2.45) is 0 Å². The summed E-state index contributed by atoms with van der Waals surface area (Å²) < 4.78 is 57.4. The first kappa shape index (κ1) is 32.0. The molecule has 1 aromatic carbocycles. The van der Waals surface area contributed by atoms with Crippen LogP contribution in [-0.2, 0) is 44.9 Å². The molecule has 18 heteroatoms. The second kappa shape index (κ2) is 14.5. The number of hydrogen-bond acceptors (Lipinski definition) is 14. The third kappa shape index (κ3) is 8.57. The van der Waals surface area contributed by atoms with E-state index in [1.54, 1.807) is 35.1 Å². The second-order valence-electron chi connectivity index (χ2n) is 9.37. The third-order valence-electron chi connectivity index (χ3n) is 6.46. The largest absolute Gasteiger partial charge is 0.397 e. The summed E-state index contributed by atoms with van der Waals surface area (Å²) in [6, 6.07) is 6.78. The highest BCUT2D eigenvalue weighted by molar-refractivity contribution is 7.80. The Morgan fingerprint density at radius 2 is 1.69 bits per heavy atom. The summed E-state index contributed by atoms with van der Waals surface area (Å²) in [5.41, 5.74) is 1.81. The highest BCUT2D eigenvalue weighted by Crippen LogP contribution is 2.23. The fourth-order valence-electron chi connectivity index (χ4n) is 4.06. The van der Waals surface area contributed by atoms with Gasteiger partial charge < -0.3 is 34.3 Å². The SMILES string of the molecule is O=C1CCN1C(=O)c1ccc(-c2cn(CCOCCOCCOC3OC(COS(=O)(=O)O)C(O)C(O)C3O)nn2)cc1. The number of aliphatic hydroxyl groups excluding tert-OH is 3. The molecule has 4 N–H and O–H groups in total. The van der Waals surface area contributed by atoms with Crippen LogP contribution in [0.25, 0.3) is 11.3 Å². The number of benzene rings is 1. The zero-order valence-corrected chi connectivity index (χ0v) is 23.1. The van der Waals surface area contributed by atoms with E-state index < -0.39 is 47.7 Å². The number of aromatic nitrogens is 3. The smallest absolute Gasteiger partial charge is 0.387 e. The van der Waals surface area contributed by atoms with Gasteiger partial charge in [-0.05, 0) is 12.1 Å². The number of ether oxygens (including phenoxy) is 4. The number of rotatable bonds is 15. The predicted molar refractivity (Wildman–Crippen MR) is 138 cm³/mol. The molecule has 17 nitrogen and oxygen atoms in total. The van der Waals surface area contributed by atoms with Crippen molar-refractivity contribution in [2.75, 3.05) is 46.2 Å². The summed E-state index contributed by atoms with van der Waals surface area (Å²) in [5, 5.41) is 38.0. The molecule has 0 bridgehead atoms. The first-order valence-electron chi connectivity index (χ1n) is 13.0. The number of imide groups is 1. The molecule has 5 atom stereocenters. The van der Waals surface area contributed by atoms with E-state index in [1.165, 1.54) is 4.90 Å². The highest BCUT2D eigenvalue weighted by atomic mass is 32.3. The van der Waals surface area contributed by atoms with Gasteiger partial charge >= 0.3 is 10.4 Å². The molecule has 2 amide bonds. The molecule has 232 valence electrons. The Kier molecular flexibility index (Phi) is 11.1. The quantitative estimate of drug-likeness (QED) is 0.0733. The number of hydrogen-bond donors (Lipinski definition) is 4. The van der Waals surface area contributed by atoms with Crippen LogP contribution in [0.1, 0.15) is 16.8 Å². The minimum atomic E-state index is -4.80. The van der Waals surface area contributed by atoms with Crippen molar-refractivity contribution in [3.63, 3.8) is 0 Å². The van der Waals surface area contributed by atoms with E-state index in [0.29, 0.717) is 37.4 Å². The zero-order chi connectivity index (χ0) is 30.3. The molecular weight excluding hydrogens is 584 g/mol. The van der Waals surface area contributed by atoms with E-state index in [0.717, 1.165) is 5.56 Å². The number of amides is 2. The van der Waals surface area contributed by atoms with Crippen molar-refractivity contribution in [1.29, 1.82) is 0 Å². The van der Waals surface area contributed by atoms with Gasteiger partial charge in [0.15, 0.2) is 6.29 Å². The molecule has 2 aliphatic rings. The number of β-lactam (4-membered cyclic amide) rings is 1. The standard InChI is InChI=1S/C24H32N4O13S/c29-19-5-6-28(19)23(33)16-3-1-15(2-4-16)17-13-27(26-25-17)7-8-37-9-10-38-11-12-39-24-22(32)21(31)20(30)18(41-24)14-40-42(34,35)36/h1-4,13,18,20-22,24,30-32H,5-12,14H2,(H,34,35,36). The average molecular weight is 617 g/mol. The summed E-state index contributed by atoms with van der Waals surface area (Å²) in [7, 11) is -4.80. The minimum Gasteiger partial charge on any atom is -0.387 e. The lowest BCUT2D eigenvalue weighted by Gasteiger charge is -2.39. The van der Waals surface area contributed by atoms with Gasteiger partial charge in [-0.3, -0.25) is 19.0 Å². The van der Waals surface area contributed by atoms with Gasteiger partial charge in [0, 0.05) is 24.1 Å². The maximum Gasteiger partial charge on any atom is 0.397 e. The van der Waals surface area contributed by atoms with E-state index in [-0.39, 0.29) is 38.2 Å². The molecule has 0 spiro atoms. The topological polar surface area (TPSA) is 229 Å². The number of likely N-dealkylation sites (tertiary alicyclic amines) is 1. The summed E-state index contributed by atoms with van der Waals surface area (Å²) >= 11 is 0. The van der Waals surface area contributed by atoms with Crippen LogP contribution in [0.4, 0.5) is 0 Å². The van der Waals surface area contributed by atoms with Crippen LogP contribution in [0.3, 0.4) is 0 Å². The van der Waals surface area contributed by atoms with Crippen molar-refractivity contribution in [3.8, 4) is 11.3 Å². The Morgan fingerprint density at radius 1 is 1.00 bits per heavy atom. The predicted octanol–water partition coefficient (Wildman–Crippen LogP) is -2.01. The zero-order valence-electron chi connectivity index (χ0n) is 22.3. The lowest BCUT2D eigenvalue weighted by atomic mass is 9.99. The van der Waals surface area contributed by atoms with Gasteiger partial charge in [0.2, 0.25) is 5.91 Å². The molecule has 0 aliphatic carbocycles. The number of carbonyl (C=O) groups is 2. The van der Waals surface area contributed by atoms with Crippen molar-refractivity contribution in [1.82, 2.24) is 19.9 Å². The lowest BCUT2D eigenvalue weighted by Crippen LogP contribution is -2.59. The number of aliphatic hydroxyl groups is 3. The van der Waals surface area contributed by atoms with Crippen LogP contribution in [-0.4, -0.2) is 137 Å². The maximum atomic E-state index is 12.3. The van der Waals surface area contributed by atoms with Crippen molar-refractivity contribution < 1.29 is 61.0 Å². The van der Waals surface area contributed by atoms with Gasteiger partial charge in [0.25, 0.3) is 5.91 Å². The Balaban J connectivity index is 1.08. The van der Waals surface area contributed by atoms with E-state index in [1.807, 2.05) is 0 Å².